The van der Waals surface area contributed by atoms with Crippen molar-refractivity contribution in [3.05, 3.63) is 65.5 Å². The molecule has 0 spiro atoms. The third-order valence-electron chi connectivity index (χ3n) is 5.17. The number of ketones is 1. The first kappa shape index (κ1) is 24.9. The molecule has 2 N–H and O–H groups in total. The maximum atomic E-state index is 12.7. The van der Waals surface area contributed by atoms with Crippen molar-refractivity contribution in [1.29, 1.82) is 5.26 Å². The number of hydrogen-bond donors (Lipinski definition) is 1. The van der Waals surface area contributed by atoms with Crippen LogP contribution in [0.5, 0.6) is 11.5 Å². The minimum Gasteiger partial charge on any atom is -0.493 e. The topological polar surface area (TPSA) is 135 Å². The molecule has 180 valence electrons. The van der Waals surface area contributed by atoms with Crippen LogP contribution in [0, 0.1) is 11.3 Å². The van der Waals surface area contributed by atoms with Gasteiger partial charge in [0.1, 0.15) is 17.5 Å². The second-order valence-corrected chi connectivity index (χ2v) is 7.45. The zero-order valence-corrected chi connectivity index (χ0v) is 19.5. The average molecular weight is 476 g/mol. The number of methoxy groups -OCH3 is 1. The minimum atomic E-state index is -0.759. The molecule has 2 aromatic carbocycles. The predicted molar refractivity (Wildman–Crippen MR) is 129 cm³/mol. The van der Waals surface area contributed by atoms with E-state index in [4.69, 9.17) is 19.9 Å². The van der Waals surface area contributed by atoms with Crippen molar-refractivity contribution in [3.63, 3.8) is 0 Å². The number of nitrogens with zero attached hydrogens (tertiary/aromatic N) is 3. The first-order valence-corrected chi connectivity index (χ1v) is 10.4. The number of benzene rings is 2. The lowest BCUT2D eigenvalue weighted by Crippen LogP contribution is -2.27. The Bertz CT molecular complexity index is 1230. The van der Waals surface area contributed by atoms with Gasteiger partial charge in [-0.2, -0.15) is 5.26 Å². The Morgan fingerprint density at radius 3 is 2.26 bits per heavy atom. The maximum absolute atomic E-state index is 12.7. The van der Waals surface area contributed by atoms with Gasteiger partial charge in [0.25, 0.3) is 5.91 Å². The molecule has 0 unspecified atom stereocenters. The molecule has 2 aromatic rings. The van der Waals surface area contributed by atoms with Crippen molar-refractivity contribution in [2.75, 3.05) is 44.2 Å². The molecule has 0 saturated heterocycles. The number of fused-ring (bicyclic) bond motifs is 1. The zero-order valence-electron chi connectivity index (χ0n) is 19.5. The molecule has 10 nitrogen and oxygen atoms in total. The van der Waals surface area contributed by atoms with Gasteiger partial charge in [0.2, 0.25) is 5.78 Å². The second-order valence-electron chi connectivity index (χ2n) is 7.45. The van der Waals surface area contributed by atoms with Crippen LogP contribution in [0.1, 0.15) is 5.56 Å². The third kappa shape index (κ3) is 5.59. The van der Waals surface area contributed by atoms with Crippen LogP contribution in [-0.4, -0.2) is 52.1 Å². The van der Waals surface area contributed by atoms with E-state index in [9.17, 15) is 19.6 Å². The van der Waals surface area contributed by atoms with Crippen LogP contribution >= 0.6 is 0 Å². The molecule has 1 aliphatic heterocycles. The molecule has 0 radical (unpaired) electrons. The first-order valence-electron chi connectivity index (χ1n) is 10.4. The lowest BCUT2D eigenvalue weighted by Gasteiger charge is -2.19. The molecule has 1 amide bonds. The summed E-state index contributed by atoms with van der Waals surface area (Å²) in [6.45, 7) is -0.888. The largest absolute Gasteiger partial charge is 0.493 e. The lowest BCUT2D eigenvalue weighted by atomic mass is 10.2. The van der Waals surface area contributed by atoms with E-state index in [1.165, 1.54) is 13.2 Å². The Hall–Kier alpha value is -4.78. The first-order chi connectivity index (χ1) is 16.8. The summed E-state index contributed by atoms with van der Waals surface area (Å²) < 4.78 is 15.5. The highest BCUT2D eigenvalue weighted by Crippen LogP contribution is 2.40. The molecule has 0 aliphatic carbocycles. The highest BCUT2D eigenvalue weighted by molar-refractivity contribution is 6.04. The second kappa shape index (κ2) is 10.9. The molecule has 0 bridgehead atoms. The molecule has 3 rings (SSSR count). The summed E-state index contributed by atoms with van der Waals surface area (Å²) in [5.41, 5.74) is 7.25. The lowest BCUT2D eigenvalue weighted by molar-refractivity contribution is -0.141. The van der Waals surface area contributed by atoms with Crippen LogP contribution in [0.2, 0.25) is 0 Å². The van der Waals surface area contributed by atoms with Gasteiger partial charge in [-0.3, -0.25) is 9.59 Å². The van der Waals surface area contributed by atoms with Crippen LogP contribution < -0.4 is 25.0 Å². The molecule has 0 saturated carbocycles. The molecular formula is C25H24N4O6. The van der Waals surface area contributed by atoms with Crippen molar-refractivity contribution >= 4 is 35.1 Å². The van der Waals surface area contributed by atoms with E-state index in [1.807, 2.05) is 30.3 Å². The van der Waals surface area contributed by atoms with E-state index in [0.717, 1.165) is 17.5 Å². The maximum Gasteiger partial charge on any atom is 0.331 e. The van der Waals surface area contributed by atoms with E-state index >= 15 is 0 Å². The normalized spacial score (nSPS) is 12.2. The third-order valence-corrected chi connectivity index (χ3v) is 5.17. The fourth-order valence-corrected chi connectivity index (χ4v) is 3.53. The summed E-state index contributed by atoms with van der Waals surface area (Å²) >= 11 is 0. The van der Waals surface area contributed by atoms with Gasteiger partial charge in [0.05, 0.1) is 18.5 Å². The number of amides is 1. The number of para-hydroxylation sites is 2. The number of hydrogen-bond acceptors (Lipinski definition) is 9. The number of rotatable bonds is 9. The minimum absolute atomic E-state index is 0.112. The smallest absolute Gasteiger partial charge is 0.331 e. The van der Waals surface area contributed by atoms with E-state index in [2.05, 4.69) is 0 Å². The molecular weight excluding hydrogens is 452 g/mol. The number of ether oxygens (including phenoxy) is 3. The van der Waals surface area contributed by atoms with Gasteiger partial charge in [-0.1, -0.05) is 18.2 Å². The zero-order chi connectivity index (χ0) is 25.5. The van der Waals surface area contributed by atoms with Gasteiger partial charge >= 0.3 is 5.97 Å². The summed E-state index contributed by atoms with van der Waals surface area (Å²) in [5.74, 6) is -0.931. The molecule has 1 heterocycles. The number of esters is 1. The highest BCUT2D eigenvalue weighted by atomic mass is 16.5. The van der Waals surface area contributed by atoms with Crippen LogP contribution in [0.25, 0.3) is 6.08 Å². The van der Waals surface area contributed by atoms with Crippen molar-refractivity contribution in [1.82, 2.24) is 0 Å². The Morgan fingerprint density at radius 1 is 1.03 bits per heavy atom. The summed E-state index contributed by atoms with van der Waals surface area (Å²) in [6, 6.07) is 14.2. The van der Waals surface area contributed by atoms with Gasteiger partial charge in [-0.15, -0.1) is 0 Å². The van der Waals surface area contributed by atoms with Gasteiger partial charge in [-0.05, 0) is 35.9 Å². The van der Waals surface area contributed by atoms with E-state index in [0.29, 0.717) is 22.9 Å². The Balaban J connectivity index is 1.65. The molecule has 1 aliphatic rings. The number of nitriles is 1. The van der Waals surface area contributed by atoms with Crippen LogP contribution in [0.4, 0.5) is 11.4 Å². The molecule has 0 fully saturated rings. The van der Waals surface area contributed by atoms with Gasteiger partial charge in [0, 0.05) is 20.2 Å². The number of primary amides is 1. The van der Waals surface area contributed by atoms with E-state index in [1.54, 1.807) is 42.1 Å². The van der Waals surface area contributed by atoms with Gasteiger partial charge in [0.15, 0.2) is 24.7 Å². The summed E-state index contributed by atoms with van der Waals surface area (Å²) in [5, 5.41) is 9.64. The Morgan fingerprint density at radius 2 is 1.69 bits per heavy atom. The monoisotopic (exact) mass is 476 g/mol. The number of carbonyl (C=O) groups excluding carboxylic acids is 3. The van der Waals surface area contributed by atoms with Crippen LogP contribution in [0.3, 0.4) is 0 Å². The van der Waals surface area contributed by atoms with Crippen molar-refractivity contribution < 1.29 is 28.6 Å². The summed E-state index contributed by atoms with van der Waals surface area (Å²) in [6.07, 6.45) is 2.61. The Labute approximate surface area is 202 Å². The fraction of sp³-hybridized carbons (Fsp3) is 0.200. The van der Waals surface area contributed by atoms with Crippen LogP contribution in [-0.2, 0) is 19.1 Å². The Kier molecular flexibility index (Phi) is 7.74. The van der Waals surface area contributed by atoms with Crippen molar-refractivity contribution in [3.8, 4) is 17.6 Å². The molecule has 0 aromatic heterocycles. The summed E-state index contributed by atoms with van der Waals surface area (Å²) in [7, 11) is 4.95. The number of carbonyl (C=O) groups is 3. The van der Waals surface area contributed by atoms with Crippen LogP contribution in [0.15, 0.2) is 59.9 Å². The highest BCUT2D eigenvalue weighted by Gasteiger charge is 2.31. The van der Waals surface area contributed by atoms with E-state index < -0.39 is 24.3 Å². The average Bonchev–Trinajstić information content (AvgIpc) is 3.11. The molecule has 10 heteroatoms. The van der Waals surface area contributed by atoms with Gasteiger partial charge < -0.3 is 29.7 Å². The van der Waals surface area contributed by atoms with E-state index in [-0.39, 0.29) is 12.2 Å². The standard InChI is InChI=1S/C25H24N4O6/c1-28-18-6-4-5-7-19(18)29(2)25(28)17(13-26)20(30)14-35-24(32)11-9-16-8-10-21(22(12-16)33-3)34-15-23(27)31/h4-12H,14-15H2,1-3H3,(H2,27,31)/b11-9+. The fourth-order valence-electron chi connectivity index (χ4n) is 3.53. The SMILES string of the molecule is COc1cc(/C=C/C(=O)OCC(=O)C(C#N)=C2N(C)c3ccccc3N2C)ccc1OCC(N)=O. The summed E-state index contributed by atoms with van der Waals surface area (Å²) in [4.78, 5) is 39.3. The van der Waals surface area contributed by atoms with Gasteiger partial charge in [-0.25, -0.2) is 4.79 Å². The molecule has 0 atom stereocenters. The number of Topliss-reactive ketones (excluding diaryl/α,β-unsaturated/α-hetero) is 1. The number of nitrogens with two attached hydrogens (primary N) is 1. The molecule has 35 heavy (non-hydrogen) atoms. The van der Waals surface area contributed by atoms with Crippen molar-refractivity contribution in [2.45, 2.75) is 0 Å². The predicted octanol–water partition coefficient (Wildman–Crippen LogP) is 2.01. The quantitative estimate of drug-likeness (QED) is 0.327. The van der Waals surface area contributed by atoms with Crippen molar-refractivity contribution in [2.24, 2.45) is 5.73 Å². The number of anilines is 2.